The molecule has 2 atom stereocenters. The van der Waals surface area contributed by atoms with E-state index < -0.39 is 0 Å². The zero-order valence-electron chi connectivity index (χ0n) is 10.1. The van der Waals surface area contributed by atoms with Crippen molar-refractivity contribution in [3.63, 3.8) is 0 Å². The topological polar surface area (TPSA) is 26.0 Å². The van der Waals surface area contributed by atoms with E-state index in [0.717, 1.165) is 11.8 Å². The second-order valence-electron chi connectivity index (χ2n) is 5.03. The van der Waals surface area contributed by atoms with Gasteiger partial charge in [-0.25, -0.2) is 0 Å². The van der Waals surface area contributed by atoms with Crippen LogP contribution in [-0.2, 0) is 6.42 Å². The van der Waals surface area contributed by atoms with Gasteiger partial charge in [-0.3, -0.25) is 0 Å². The fourth-order valence-corrected chi connectivity index (χ4v) is 3.79. The molecule has 0 spiro atoms. The van der Waals surface area contributed by atoms with Crippen LogP contribution in [0.4, 0.5) is 0 Å². The van der Waals surface area contributed by atoms with E-state index >= 15 is 0 Å². The van der Waals surface area contributed by atoms with E-state index in [2.05, 4.69) is 38.1 Å². The Balaban J connectivity index is 1.96. The van der Waals surface area contributed by atoms with Gasteiger partial charge in [-0.05, 0) is 42.9 Å². The Kier molecular flexibility index (Phi) is 3.93. The second kappa shape index (κ2) is 5.24. The van der Waals surface area contributed by atoms with Crippen LogP contribution in [0.2, 0.25) is 0 Å². The molecule has 1 heterocycles. The molecule has 1 aliphatic heterocycles. The van der Waals surface area contributed by atoms with Crippen molar-refractivity contribution >= 4 is 11.8 Å². The maximum Gasteiger partial charge on any atom is 0.0138 e. The van der Waals surface area contributed by atoms with Crippen LogP contribution in [0.1, 0.15) is 25.8 Å². The summed E-state index contributed by atoms with van der Waals surface area (Å²) in [5, 5.41) is 0.744. The minimum atomic E-state index is 0.673. The number of thioether (sulfide) groups is 1. The van der Waals surface area contributed by atoms with E-state index in [1.54, 1.807) is 0 Å². The number of benzene rings is 1. The summed E-state index contributed by atoms with van der Waals surface area (Å²) in [7, 11) is 0. The van der Waals surface area contributed by atoms with Gasteiger partial charge in [0.05, 0.1) is 0 Å². The molecule has 1 aliphatic rings. The molecule has 0 aliphatic carbocycles. The van der Waals surface area contributed by atoms with Gasteiger partial charge >= 0.3 is 0 Å². The summed E-state index contributed by atoms with van der Waals surface area (Å²) in [5.74, 6) is 1.38. The number of nitrogens with two attached hydrogens (primary N) is 1. The minimum absolute atomic E-state index is 0.673. The van der Waals surface area contributed by atoms with E-state index in [1.807, 2.05) is 11.8 Å². The molecular formula is C14H21NS. The van der Waals surface area contributed by atoms with Gasteiger partial charge in [-0.15, -0.1) is 11.8 Å². The number of rotatable bonds is 4. The predicted octanol–water partition coefficient (Wildman–Crippen LogP) is 3.32. The fraction of sp³-hybridized carbons (Fsp3) is 0.571. The van der Waals surface area contributed by atoms with Gasteiger partial charge in [-0.2, -0.15) is 0 Å². The van der Waals surface area contributed by atoms with Gasteiger partial charge in [0.25, 0.3) is 0 Å². The molecule has 1 aromatic carbocycles. The molecule has 0 fully saturated rings. The van der Waals surface area contributed by atoms with Gasteiger partial charge in [0.2, 0.25) is 0 Å². The third kappa shape index (κ3) is 2.61. The second-order valence-corrected chi connectivity index (χ2v) is 6.37. The maximum atomic E-state index is 5.85. The summed E-state index contributed by atoms with van der Waals surface area (Å²) < 4.78 is 0. The largest absolute Gasteiger partial charge is 0.330 e. The summed E-state index contributed by atoms with van der Waals surface area (Å²) >= 11 is 2.04. The first-order chi connectivity index (χ1) is 7.70. The Morgan fingerprint density at radius 3 is 2.75 bits per heavy atom. The molecule has 0 radical (unpaired) electrons. The highest BCUT2D eigenvalue weighted by Crippen LogP contribution is 2.40. The van der Waals surface area contributed by atoms with Crippen LogP contribution in [0.25, 0.3) is 0 Å². The molecule has 2 heteroatoms. The van der Waals surface area contributed by atoms with Crippen molar-refractivity contribution in [1.82, 2.24) is 0 Å². The van der Waals surface area contributed by atoms with Crippen molar-refractivity contribution in [3.8, 4) is 0 Å². The van der Waals surface area contributed by atoms with Crippen LogP contribution >= 0.6 is 11.8 Å². The molecule has 0 saturated carbocycles. The zero-order chi connectivity index (χ0) is 11.5. The van der Waals surface area contributed by atoms with Crippen LogP contribution < -0.4 is 5.73 Å². The van der Waals surface area contributed by atoms with Crippen molar-refractivity contribution in [2.45, 2.75) is 36.8 Å². The van der Waals surface area contributed by atoms with E-state index in [9.17, 15) is 0 Å². The first-order valence-corrected chi connectivity index (χ1v) is 7.03. The predicted molar refractivity (Wildman–Crippen MR) is 71.8 cm³/mol. The summed E-state index contributed by atoms with van der Waals surface area (Å²) in [6, 6.07) is 8.78. The molecule has 2 rings (SSSR count). The summed E-state index contributed by atoms with van der Waals surface area (Å²) in [6.45, 7) is 5.39. The number of fused-ring (bicyclic) bond motifs is 1. The van der Waals surface area contributed by atoms with E-state index in [-0.39, 0.29) is 0 Å². The van der Waals surface area contributed by atoms with E-state index in [4.69, 9.17) is 5.73 Å². The molecule has 0 saturated heterocycles. The Hall–Kier alpha value is -0.470. The molecule has 1 aromatic rings. The summed E-state index contributed by atoms with van der Waals surface area (Å²) in [5.41, 5.74) is 7.37. The highest BCUT2D eigenvalue weighted by molar-refractivity contribution is 8.00. The molecule has 0 amide bonds. The van der Waals surface area contributed by atoms with Crippen molar-refractivity contribution in [2.24, 2.45) is 17.6 Å². The van der Waals surface area contributed by atoms with Gasteiger partial charge in [0, 0.05) is 10.1 Å². The highest BCUT2D eigenvalue weighted by Gasteiger charge is 2.25. The smallest absolute Gasteiger partial charge is 0.0138 e. The van der Waals surface area contributed by atoms with Gasteiger partial charge < -0.3 is 5.73 Å². The lowest BCUT2D eigenvalue weighted by Gasteiger charge is -2.21. The first kappa shape index (κ1) is 12.0. The molecule has 2 unspecified atom stereocenters. The number of hydrogen-bond donors (Lipinski definition) is 1. The van der Waals surface area contributed by atoms with Crippen LogP contribution in [0.15, 0.2) is 29.2 Å². The summed E-state index contributed by atoms with van der Waals surface area (Å²) in [6.07, 6.45) is 2.48. The molecule has 16 heavy (non-hydrogen) atoms. The Morgan fingerprint density at radius 1 is 1.38 bits per heavy atom. The third-order valence-electron chi connectivity index (χ3n) is 3.53. The van der Waals surface area contributed by atoms with Crippen LogP contribution in [0.3, 0.4) is 0 Å². The van der Waals surface area contributed by atoms with Gasteiger partial charge in [0.1, 0.15) is 0 Å². The van der Waals surface area contributed by atoms with E-state index in [0.29, 0.717) is 11.8 Å². The first-order valence-electron chi connectivity index (χ1n) is 6.15. The van der Waals surface area contributed by atoms with Crippen molar-refractivity contribution in [2.75, 3.05) is 6.54 Å². The van der Waals surface area contributed by atoms with Crippen molar-refractivity contribution in [3.05, 3.63) is 29.8 Å². The van der Waals surface area contributed by atoms with Gasteiger partial charge in [-0.1, -0.05) is 32.0 Å². The van der Waals surface area contributed by atoms with Crippen LogP contribution in [0, 0.1) is 11.8 Å². The highest BCUT2D eigenvalue weighted by atomic mass is 32.2. The van der Waals surface area contributed by atoms with Crippen molar-refractivity contribution < 1.29 is 0 Å². The molecule has 1 nitrogen and oxygen atoms in total. The number of hydrogen-bond acceptors (Lipinski definition) is 2. The monoisotopic (exact) mass is 235 g/mol. The lowest BCUT2D eigenvalue weighted by molar-refractivity contribution is 0.365. The van der Waals surface area contributed by atoms with E-state index in [1.165, 1.54) is 23.3 Å². The average Bonchev–Trinajstić information content (AvgIpc) is 2.67. The fourth-order valence-electron chi connectivity index (χ4n) is 2.36. The average molecular weight is 235 g/mol. The van der Waals surface area contributed by atoms with Crippen molar-refractivity contribution in [1.29, 1.82) is 0 Å². The molecule has 88 valence electrons. The quantitative estimate of drug-likeness (QED) is 0.866. The Bertz CT molecular complexity index is 323. The SMILES string of the molecule is CC(C)C(CN)CC1Cc2ccccc2S1. The lowest BCUT2D eigenvalue weighted by Crippen LogP contribution is -2.23. The molecular weight excluding hydrogens is 214 g/mol. The minimum Gasteiger partial charge on any atom is -0.330 e. The third-order valence-corrected chi connectivity index (χ3v) is 4.87. The van der Waals surface area contributed by atoms with Gasteiger partial charge in [0.15, 0.2) is 0 Å². The van der Waals surface area contributed by atoms with Crippen LogP contribution in [-0.4, -0.2) is 11.8 Å². The molecule has 0 bridgehead atoms. The lowest BCUT2D eigenvalue weighted by atomic mass is 9.90. The zero-order valence-corrected chi connectivity index (χ0v) is 11.0. The standard InChI is InChI=1S/C14H21NS/c1-10(2)12(9-15)8-13-7-11-5-3-4-6-14(11)16-13/h3-6,10,12-13H,7-9,15H2,1-2H3. The Morgan fingerprint density at radius 2 is 2.12 bits per heavy atom. The Labute approximate surface area is 103 Å². The normalized spacial score (nSPS) is 21.1. The molecule has 0 aromatic heterocycles. The molecule has 2 N–H and O–H groups in total. The van der Waals surface area contributed by atoms with Crippen LogP contribution in [0.5, 0.6) is 0 Å². The maximum absolute atomic E-state index is 5.85. The summed E-state index contributed by atoms with van der Waals surface area (Å²) in [4.78, 5) is 1.48.